The first-order valence-corrected chi connectivity index (χ1v) is 11.5. The summed E-state index contributed by atoms with van der Waals surface area (Å²) in [7, 11) is 0. The van der Waals surface area contributed by atoms with Gasteiger partial charge in [-0.2, -0.15) is 0 Å². The third kappa shape index (κ3) is 5.16. The zero-order valence-electron chi connectivity index (χ0n) is 18.9. The zero-order chi connectivity index (χ0) is 25.1. The monoisotopic (exact) mass is 509 g/mol. The van der Waals surface area contributed by atoms with Gasteiger partial charge in [-0.25, -0.2) is 4.90 Å². The Labute approximate surface area is 212 Å². The molecule has 9 heteroatoms. The van der Waals surface area contributed by atoms with E-state index in [1.54, 1.807) is 67.6 Å². The van der Waals surface area contributed by atoms with E-state index in [0.29, 0.717) is 45.6 Å². The van der Waals surface area contributed by atoms with Gasteiger partial charge in [0, 0.05) is 22.0 Å². The number of nitrogens with zero attached hydrogens (tertiary/aromatic N) is 1. The molecule has 35 heavy (non-hydrogen) atoms. The van der Waals surface area contributed by atoms with Crippen LogP contribution in [0.1, 0.15) is 22.8 Å². The summed E-state index contributed by atoms with van der Waals surface area (Å²) < 4.78 is 5.40. The quantitative estimate of drug-likeness (QED) is 0.396. The molecule has 3 aromatic rings. The molecule has 1 heterocycles. The Kier molecular flexibility index (Phi) is 7.10. The Morgan fingerprint density at radius 1 is 0.943 bits per heavy atom. The normalized spacial score (nSPS) is 13.3. The van der Waals surface area contributed by atoms with Gasteiger partial charge in [0.05, 0.1) is 12.3 Å². The molecule has 0 saturated heterocycles. The molecular formula is C26H21Cl2N3O4. The van der Waals surface area contributed by atoms with Crippen LogP contribution in [0.25, 0.3) is 0 Å². The molecule has 0 bridgehead atoms. The lowest BCUT2D eigenvalue weighted by atomic mass is 10.1. The summed E-state index contributed by atoms with van der Waals surface area (Å²) in [6.07, 6.45) is 0. The van der Waals surface area contributed by atoms with Gasteiger partial charge in [-0.05, 0) is 74.0 Å². The Balaban J connectivity index is 1.52. The molecular weight excluding hydrogens is 489 g/mol. The first-order chi connectivity index (χ1) is 16.8. The first-order valence-electron chi connectivity index (χ1n) is 10.7. The summed E-state index contributed by atoms with van der Waals surface area (Å²) in [6.45, 7) is 4.21. The second-order valence-electron chi connectivity index (χ2n) is 7.68. The van der Waals surface area contributed by atoms with Crippen LogP contribution >= 0.6 is 23.2 Å². The zero-order valence-corrected chi connectivity index (χ0v) is 20.4. The van der Waals surface area contributed by atoms with Crippen LogP contribution in [0, 0.1) is 6.92 Å². The minimum absolute atomic E-state index is 0.0832. The lowest BCUT2D eigenvalue weighted by molar-refractivity contribution is -0.120. The van der Waals surface area contributed by atoms with Crippen molar-refractivity contribution in [1.82, 2.24) is 0 Å². The number of benzene rings is 3. The highest BCUT2D eigenvalue weighted by atomic mass is 35.5. The number of aryl methyl sites for hydroxylation is 1. The van der Waals surface area contributed by atoms with Crippen LogP contribution in [-0.4, -0.2) is 24.3 Å². The Bertz CT molecular complexity index is 1350. The van der Waals surface area contributed by atoms with Crippen LogP contribution in [-0.2, 0) is 9.59 Å². The molecule has 4 rings (SSSR count). The maximum atomic E-state index is 13.1. The number of anilines is 3. The van der Waals surface area contributed by atoms with Crippen molar-refractivity contribution < 1.29 is 19.1 Å². The van der Waals surface area contributed by atoms with Crippen LogP contribution in [0.15, 0.2) is 77.5 Å². The van der Waals surface area contributed by atoms with Gasteiger partial charge in [0.2, 0.25) is 0 Å². The molecule has 178 valence electrons. The van der Waals surface area contributed by atoms with Crippen molar-refractivity contribution in [2.75, 3.05) is 22.1 Å². The lowest BCUT2D eigenvalue weighted by Crippen LogP contribution is -2.32. The minimum atomic E-state index is -0.658. The molecule has 1 aliphatic heterocycles. The van der Waals surface area contributed by atoms with E-state index in [2.05, 4.69) is 10.6 Å². The number of carbonyl (C=O) groups excluding carboxylic acids is 3. The number of halogens is 2. The van der Waals surface area contributed by atoms with Gasteiger partial charge in [-0.3, -0.25) is 14.4 Å². The van der Waals surface area contributed by atoms with E-state index < -0.39 is 11.8 Å². The van der Waals surface area contributed by atoms with Gasteiger partial charge < -0.3 is 15.4 Å². The smallest absolute Gasteiger partial charge is 0.283 e. The van der Waals surface area contributed by atoms with Crippen LogP contribution in [0.5, 0.6) is 5.75 Å². The SMILES string of the molecule is CCOc1ccc(NC(=O)c2cccc(NC3=C(Cl)C(=O)N(c4cc(Cl)ccc4C)C3=O)c2)cc1. The molecule has 0 aliphatic carbocycles. The van der Waals surface area contributed by atoms with Gasteiger partial charge in [0.25, 0.3) is 17.7 Å². The van der Waals surface area contributed by atoms with Crippen molar-refractivity contribution in [1.29, 1.82) is 0 Å². The second-order valence-corrected chi connectivity index (χ2v) is 8.50. The molecule has 7 nitrogen and oxygen atoms in total. The number of imide groups is 1. The molecule has 3 aromatic carbocycles. The maximum Gasteiger partial charge on any atom is 0.283 e. The topological polar surface area (TPSA) is 87.7 Å². The van der Waals surface area contributed by atoms with Crippen LogP contribution < -0.4 is 20.3 Å². The molecule has 0 saturated carbocycles. The predicted molar refractivity (Wildman–Crippen MR) is 137 cm³/mol. The highest BCUT2D eigenvalue weighted by molar-refractivity contribution is 6.53. The van der Waals surface area contributed by atoms with Crippen molar-refractivity contribution in [3.8, 4) is 5.75 Å². The number of ether oxygens (including phenoxy) is 1. The van der Waals surface area contributed by atoms with Crippen molar-refractivity contribution in [2.45, 2.75) is 13.8 Å². The van der Waals surface area contributed by atoms with Gasteiger partial charge in [-0.1, -0.05) is 35.3 Å². The van der Waals surface area contributed by atoms with Gasteiger partial charge in [-0.15, -0.1) is 0 Å². The fraction of sp³-hybridized carbons (Fsp3) is 0.115. The molecule has 0 unspecified atom stereocenters. The van der Waals surface area contributed by atoms with Gasteiger partial charge in [0.15, 0.2) is 0 Å². The average molecular weight is 510 g/mol. The summed E-state index contributed by atoms with van der Waals surface area (Å²) in [5.74, 6) is -0.911. The third-order valence-electron chi connectivity index (χ3n) is 5.26. The van der Waals surface area contributed by atoms with Crippen LogP contribution in [0.2, 0.25) is 5.02 Å². The largest absolute Gasteiger partial charge is 0.494 e. The Morgan fingerprint density at radius 3 is 2.40 bits per heavy atom. The number of rotatable bonds is 7. The highest BCUT2D eigenvalue weighted by Crippen LogP contribution is 2.33. The second kappa shape index (κ2) is 10.2. The van der Waals surface area contributed by atoms with Crippen molar-refractivity contribution in [2.24, 2.45) is 0 Å². The molecule has 0 fully saturated rings. The van der Waals surface area contributed by atoms with Gasteiger partial charge in [0.1, 0.15) is 16.5 Å². The van der Waals surface area contributed by atoms with E-state index in [1.165, 1.54) is 6.07 Å². The van der Waals surface area contributed by atoms with E-state index in [1.807, 2.05) is 6.92 Å². The number of carbonyl (C=O) groups is 3. The summed E-state index contributed by atoms with van der Waals surface area (Å²) >= 11 is 12.3. The lowest BCUT2D eigenvalue weighted by Gasteiger charge is -2.18. The third-order valence-corrected chi connectivity index (χ3v) is 5.84. The number of amides is 3. The molecule has 2 N–H and O–H groups in total. The fourth-order valence-corrected chi connectivity index (χ4v) is 3.92. The average Bonchev–Trinajstić information content (AvgIpc) is 3.05. The van der Waals surface area contributed by atoms with E-state index in [0.717, 1.165) is 4.90 Å². The standard InChI is InChI=1S/C26H21Cl2N3O4/c1-3-35-20-11-9-18(10-12-20)30-24(32)16-5-4-6-19(13-16)29-23-22(28)25(33)31(26(23)34)21-14-17(27)8-7-15(21)2/h4-14,29H,3H2,1-2H3,(H,30,32). The molecule has 3 amide bonds. The van der Waals surface area contributed by atoms with Crippen molar-refractivity contribution >= 4 is 58.0 Å². The van der Waals surface area contributed by atoms with E-state index in [4.69, 9.17) is 27.9 Å². The molecule has 0 atom stereocenters. The van der Waals surface area contributed by atoms with Crippen molar-refractivity contribution in [3.05, 3.63) is 93.6 Å². The number of nitrogens with one attached hydrogen (secondary N) is 2. The fourth-order valence-electron chi connectivity index (χ4n) is 3.54. The molecule has 0 radical (unpaired) electrons. The highest BCUT2D eigenvalue weighted by Gasteiger charge is 2.39. The molecule has 1 aliphatic rings. The summed E-state index contributed by atoms with van der Waals surface area (Å²) in [5, 5.41) is 5.84. The minimum Gasteiger partial charge on any atom is -0.494 e. The maximum absolute atomic E-state index is 13.1. The molecule has 0 aromatic heterocycles. The van der Waals surface area contributed by atoms with E-state index in [9.17, 15) is 14.4 Å². The van der Waals surface area contributed by atoms with Gasteiger partial charge >= 0.3 is 0 Å². The summed E-state index contributed by atoms with van der Waals surface area (Å²) in [6, 6.07) is 18.4. The number of hydrogen-bond donors (Lipinski definition) is 2. The van der Waals surface area contributed by atoms with E-state index in [-0.39, 0.29) is 16.6 Å². The first kappa shape index (κ1) is 24.3. The predicted octanol–water partition coefficient (Wildman–Crippen LogP) is 5.74. The molecule has 0 spiro atoms. The summed E-state index contributed by atoms with van der Waals surface area (Å²) in [4.78, 5) is 39.6. The van der Waals surface area contributed by atoms with E-state index >= 15 is 0 Å². The Morgan fingerprint density at radius 2 is 1.69 bits per heavy atom. The van der Waals surface area contributed by atoms with Crippen LogP contribution in [0.4, 0.5) is 17.1 Å². The van der Waals surface area contributed by atoms with Crippen LogP contribution in [0.3, 0.4) is 0 Å². The number of hydrogen-bond acceptors (Lipinski definition) is 5. The Hall–Kier alpha value is -3.81. The van der Waals surface area contributed by atoms with Crippen molar-refractivity contribution in [3.63, 3.8) is 0 Å². The summed E-state index contributed by atoms with van der Waals surface area (Å²) in [5.41, 5.74) is 2.33.